The minimum Gasteiger partial charge on any atom is -0.477 e. The average Bonchev–Trinajstić information content (AvgIpc) is 2.75. The van der Waals surface area contributed by atoms with Gasteiger partial charge < -0.3 is 14.6 Å². The van der Waals surface area contributed by atoms with E-state index in [1.807, 2.05) is 55.1 Å². The van der Waals surface area contributed by atoms with Gasteiger partial charge in [-0.2, -0.15) is 0 Å². The Hall–Kier alpha value is -3.31. The molecule has 6 heteroatoms. The smallest absolute Gasteiger partial charge is 0.341 e. The van der Waals surface area contributed by atoms with Crippen LogP contribution in [-0.4, -0.2) is 22.2 Å². The van der Waals surface area contributed by atoms with Crippen LogP contribution in [-0.2, 0) is 6.54 Å². The van der Waals surface area contributed by atoms with E-state index in [0.29, 0.717) is 34.7 Å². The first-order valence-corrected chi connectivity index (χ1v) is 10.2. The minimum absolute atomic E-state index is 0.245. The second-order valence-electron chi connectivity index (χ2n) is 7.03. The Balaban J connectivity index is 2.01. The summed E-state index contributed by atoms with van der Waals surface area (Å²) in [5.41, 5.74) is 1.52. The molecule has 30 heavy (non-hydrogen) atoms. The number of aromatic nitrogens is 1. The van der Waals surface area contributed by atoms with Crippen LogP contribution in [0.25, 0.3) is 21.7 Å². The maximum atomic E-state index is 12.9. The van der Waals surface area contributed by atoms with Gasteiger partial charge in [0.05, 0.1) is 16.2 Å². The summed E-state index contributed by atoms with van der Waals surface area (Å²) in [4.78, 5) is 26.5. The van der Waals surface area contributed by atoms with E-state index in [4.69, 9.17) is 11.6 Å². The first-order chi connectivity index (χ1) is 14.5. The van der Waals surface area contributed by atoms with E-state index in [1.54, 1.807) is 16.7 Å². The van der Waals surface area contributed by atoms with Crippen LogP contribution < -0.4 is 10.3 Å². The summed E-state index contributed by atoms with van der Waals surface area (Å²) in [5, 5.41) is 12.5. The fourth-order valence-electron chi connectivity index (χ4n) is 3.93. The number of halogens is 1. The summed E-state index contributed by atoms with van der Waals surface area (Å²) >= 11 is 6.69. The quantitative estimate of drug-likeness (QED) is 0.451. The Morgan fingerprint density at radius 2 is 1.77 bits per heavy atom. The molecule has 0 aliphatic carbocycles. The number of aromatic carboxylic acids is 1. The number of carboxylic acid groups (broad SMARTS) is 1. The van der Waals surface area contributed by atoms with Crippen molar-refractivity contribution in [3.05, 3.63) is 81.6 Å². The number of rotatable bonds is 5. The van der Waals surface area contributed by atoms with E-state index in [-0.39, 0.29) is 5.56 Å². The van der Waals surface area contributed by atoms with Crippen molar-refractivity contribution in [3.8, 4) is 0 Å². The van der Waals surface area contributed by atoms with Gasteiger partial charge in [-0.25, -0.2) is 4.79 Å². The van der Waals surface area contributed by atoms with E-state index < -0.39 is 11.4 Å². The molecule has 0 saturated heterocycles. The van der Waals surface area contributed by atoms with Crippen LogP contribution in [0, 0.1) is 0 Å². The number of carbonyl (C=O) groups is 1. The van der Waals surface area contributed by atoms with Gasteiger partial charge in [0.25, 0.3) is 0 Å². The standard InChI is InChI=1S/C24H21ClN2O3/c1-3-26-14-18(24(29)30)23(28)17-12-22(19(25)13-21(17)26)27(4-2)20-11-7-9-15-8-5-6-10-16(15)20/h5-14H,3-4H2,1-2H3,(H,29,30). The summed E-state index contributed by atoms with van der Waals surface area (Å²) in [6.45, 7) is 5.06. The SMILES string of the molecule is CCN(c1cc2c(=O)c(C(=O)O)cn(CC)c2cc1Cl)c1cccc2ccccc12. The number of hydrogen-bond acceptors (Lipinski definition) is 3. The van der Waals surface area contributed by atoms with Gasteiger partial charge in [-0.1, -0.05) is 48.0 Å². The minimum atomic E-state index is -1.23. The molecule has 0 atom stereocenters. The van der Waals surface area contributed by atoms with Crippen LogP contribution in [0.2, 0.25) is 5.02 Å². The lowest BCUT2D eigenvalue weighted by molar-refractivity contribution is 0.0695. The fraction of sp³-hybridized carbons (Fsp3) is 0.167. The lowest BCUT2D eigenvalue weighted by atomic mass is 10.1. The van der Waals surface area contributed by atoms with Gasteiger partial charge >= 0.3 is 5.97 Å². The van der Waals surface area contributed by atoms with Gasteiger partial charge in [-0.3, -0.25) is 4.79 Å². The highest BCUT2D eigenvalue weighted by atomic mass is 35.5. The summed E-state index contributed by atoms with van der Waals surface area (Å²) in [6.07, 6.45) is 1.38. The number of hydrogen-bond donors (Lipinski definition) is 1. The van der Waals surface area contributed by atoms with Crippen LogP contribution in [0.3, 0.4) is 0 Å². The molecule has 3 aromatic carbocycles. The molecule has 1 heterocycles. The van der Waals surface area contributed by atoms with E-state index in [9.17, 15) is 14.7 Å². The van der Waals surface area contributed by atoms with E-state index in [1.165, 1.54) is 6.20 Å². The lowest BCUT2D eigenvalue weighted by Crippen LogP contribution is -2.21. The monoisotopic (exact) mass is 420 g/mol. The molecule has 0 bridgehead atoms. The van der Waals surface area contributed by atoms with Crippen molar-refractivity contribution in [3.63, 3.8) is 0 Å². The highest BCUT2D eigenvalue weighted by Gasteiger charge is 2.19. The van der Waals surface area contributed by atoms with E-state index in [0.717, 1.165) is 16.5 Å². The Morgan fingerprint density at radius 3 is 2.47 bits per heavy atom. The first-order valence-electron chi connectivity index (χ1n) is 9.81. The molecule has 0 unspecified atom stereocenters. The number of pyridine rings is 1. The maximum Gasteiger partial charge on any atom is 0.341 e. The molecule has 0 radical (unpaired) electrons. The van der Waals surface area contributed by atoms with Crippen molar-refractivity contribution in [1.82, 2.24) is 4.57 Å². The maximum absolute atomic E-state index is 12.9. The van der Waals surface area contributed by atoms with Gasteiger partial charge in [-0.15, -0.1) is 0 Å². The molecule has 1 aromatic heterocycles. The molecule has 5 nitrogen and oxygen atoms in total. The third kappa shape index (κ3) is 3.21. The second kappa shape index (κ2) is 7.84. The zero-order valence-electron chi connectivity index (χ0n) is 16.7. The lowest BCUT2D eigenvalue weighted by Gasteiger charge is -2.26. The fourth-order valence-corrected chi connectivity index (χ4v) is 4.19. The van der Waals surface area contributed by atoms with Gasteiger partial charge in [0.1, 0.15) is 5.56 Å². The summed E-state index contributed by atoms with van der Waals surface area (Å²) in [5.74, 6) is -1.23. The Bertz CT molecular complexity index is 1340. The van der Waals surface area contributed by atoms with Gasteiger partial charge in [-0.05, 0) is 37.4 Å². The number of nitrogens with zero attached hydrogens (tertiary/aromatic N) is 2. The van der Waals surface area contributed by atoms with Crippen molar-refractivity contribution in [2.75, 3.05) is 11.4 Å². The number of anilines is 2. The third-order valence-corrected chi connectivity index (χ3v) is 5.69. The Kier molecular flexibility index (Phi) is 5.22. The molecule has 0 aliphatic rings. The molecule has 4 rings (SSSR count). The van der Waals surface area contributed by atoms with Crippen molar-refractivity contribution in [2.24, 2.45) is 0 Å². The molecule has 4 aromatic rings. The van der Waals surface area contributed by atoms with Crippen molar-refractivity contribution in [1.29, 1.82) is 0 Å². The molecule has 152 valence electrons. The average molecular weight is 421 g/mol. The molecule has 0 spiro atoms. The molecule has 0 saturated carbocycles. The highest BCUT2D eigenvalue weighted by Crippen LogP contribution is 2.37. The van der Waals surface area contributed by atoms with Crippen LogP contribution in [0.1, 0.15) is 24.2 Å². The van der Waals surface area contributed by atoms with Crippen molar-refractivity contribution < 1.29 is 9.90 Å². The summed E-state index contributed by atoms with van der Waals surface area (Å²) in [6, 6.07) is 17.6. The van der Waals surface area contributed by atoms with Crippen LogP contribution >= 0.6 is 11.6 Å². The third-order valence-electron chi connectivity index (χ3n) is 5.38. The van der Waals surface area contributed by atoms with Crippen molar-refractivity contribution in [2.45, 2.75) is 20.4 Å². The highest BCUT2D eigenvalue weighted by molar-refractivity contribution is 6.34. The predicted molar refractivity (Wildman–Crippen MR) is 122 cm³/mol. The summed E-state index contributed by atoms with van der Waals surface area (Å²) in [7, 11) is 0. The number of fused-ring (bicyclic) bond motifs is 2. The second-order valence-corrected chi connectivity index (χ2v) is 7.43. The van der Waals surface area contributed by atoms with E-state index >= 15 is 0 Å². The predicted octanol–water partition coefficient (Wildman–Crippen LogP) is 5.68. The molecule has 0 amide bonds. The topological polar surface area (TPSA) is 62.5 Å². The van der Waals surface area contributed by atoms with E-state index in [2.05, 4.69) is 6.07 Å². The van der Waals surface area contributed by atoms with Gasteiger partial charge in [0.15, 0.2) is 0 Å². The van der Waals surface area contributed by atoms with Crippen LogP contribution in [0.5, 0.6) is 0 Å². The molecule has 0 aliphatic heterocycles. The zero-order chi connectivity index (χ0) is 21.4. The molecular weight excluding hydrogens is 400 g/mol. The number of aryl methyl sites for hydroxylation is 1. The molecular formula is C24H21ClN2O3. The molecule has 1 N–H and O–H groups in total. The Labute approximate surface area is 178 Å². The largest absolute Gasteiger partial charge is 0.477 e. The Morgan fingerprint density at radius 1 is 1.03 bits per heavy atom. The normalized spacial score (nSPS) is 11.2. The van der Waals surface area contributed by atoms with Gasteiger partial charge in [0, 0.05) is 35.7 Å². The first kappa shape index (κ1) is 20.0. The van der Waals surface area contributed by atoms with Crippen molar-refractivity contribution >= 4 is 50.6 Å². The molecule has 0 fully saturated rings. The van der Waals surface area contributed by atoms with Crippen LogP contribution in [0.15, 0.2) is 65.6 Å². The summed E-state index contributed by atoms with van der Waals surface area (Å²) < 4.78 is 1.74. The number of benzene rings is 3. The van der Waals surface area contributed by atoms with Gasteiger partial charge in [0.2, 0.25) is 5.43 Å². The number of carboxylic acids is 1. The van der Waals surface area contributed by atoms with Crippen LogP contribution in [0.4, 0.5) is 11.4 Å². The zero-order valence-corrected chi connectivity index (χ0v) is 17.5.